The summed E-state index contributed by atoms with van der Waals surface area (Å²) >= 11 is 3.19. The first-order valence-electron chi connectivity index (χ1n) is 10.6. The van der Waals surface area contributed by atoms with Gasteiger partial charge in [-0.1, -0.05) is 23.8 Å². The minimum absolute atomic E-state index is 0.0664. The Balaban J connectivity index is 1.59. The molecule has 4 heterocycles. The standard InChI is InChI=1S/C21H26N4O3S2/c1-11-6-7-15-16(9-11)30-19-17(15)20(26)25(10-14-5-4-8-27-14)21(23-19)29-12(2)18-22-13(3)24-28-18/h11-12,14H,4-10H2,1-3H3. The van der Waals surface area contributed by atoms with Gasteiger partial charge in [0.2, 0.25) is 5.89 Å². The van der Waals surface area contributed by atoms with Crippen LogP contribution in [0.4, 0.5) is 0 Å². The van der Waals surface area contributed by atoms with Crippen LogP contribution in [0.2, 0.25) is 0 Å². The summed E-state index contributed by atoms with van der Waals surface area (Å²) in [6.45, 7) is 7.40. The van der Waals surface area contributed by atoms with E-state index in [-0.39, 0.29) is 16.9 Å². The van der Waals surface area contributed by atoms with Crippen molar-refractivity contribution in [1.29, 1.82) is 0 Å². The number of thioether (sulfide) groups is 1. The molecule has 5 rings (SSSR count). The van der Waals surface area contributed by atoms with Crippen molar-refractivity contribution in [3.8, 4) is 0 Å². The van der Waals surface area contributed by atoms with Crippen molar-refractivity contribution < 1.29 is 9.26 Å². The predicted molar refractivity (Wildman–Crippen MR) is 117 cm³/mol. The molecule has 3 unspecified atom stereocenters. The van der Waals surface area contributed by atoms with Crippen molar-refractivity contribution in [2.45, 2.75) is 75.9 Å². The Labute approximate surface area is 183 Å². The highest BCUT2D eigenvalue weighted by atomic mass is 32.2. The first-order chi connectivity index (χ1) is 14.5. The van der Waals surface area contributed by atoms with Gasteiger partial charge in [-0.05, 0) is 57.4 Å². The highest BCUT2D eigenvalue weighted by Crippen LogP contribution is 2.38. The SMILES string of the molecule is Cc1noc(C(C)Sc2nc3sc4c(c3c(=O)n2CC2CCCO2)CCC(C)C4)n1. The van der Waals surface area contributed by atoms with Crippen LogP contribution in [0, 0.1) is 12.8 Å². The Hall–Kier alpha value is -1.71. The lowest BCUT2D eigenvalue weighted by atomic mass is 9.89. The average Bonchev–Trinajstić information content (AvgIpc) is 3.44. The van der Waals surface area contributed by atoms with E-state index in [2.05, 4.69) is 17.1 Å². The normalized spacial score (nSPS) is 22.5. The van der Waals surface area contributed by atoms with Gasteiger partial charge in [0.15, 0.2) is 11.0 Å². The van der Waals surface area contributed by atoms with Gasteiger partial charge in [-0.25, -0.2) is 4.98 Å². The lowest BCUT2D eigenvalue weighted by molar-refractivity contribution is 0.0937. The molecular weight excluding hydrogens is 420 g/mol. The number of ether oxygens (including phenoxy) is 1. The van der Waals surface area contributed by atoms with Crippen molar-refractivity contribution >= 4 is 33.3 Å². The second kappa shape index (κ2) is 8.09. The Morgan fingerprint density at radius 2 is 2.20 bits per heavy atom. The lowest BCUT2D eigenvalue weighted by Crippen LogP contribution is -2.29. The number of hydrogen-bond donors (Lipinski definition) is 0. The molecule has 1 saturated heterocycles. The molecule has 3 aromatic heterocycles. The predicted octanol–water partition coefficient (Wildman–Crippen LogP) is 4.31. The van der Waals surface area contributed by atoms with Crippen LogP contribution in [0.1, 0.15) is 60.5 Å². The molecule has 7 nitrogen and oxygen atoms in total. The molecule has 1 aliphatic heterocycles. The summed E-state index contributed by atoms with van der Waals surface area (Å²) in [5.74, 6) is 1.82. The monoisotopic (exact) mass is 446 g/mol. The van der Waals surface area contributed by atoms with Crippen LogP contribution in [0.5, 0.6) is 0 Å². The van der Waals surface area contributed by atoms with Gasteiger partial charge in [0.25, 0.3) is 5.56 Å². The molecule has 0 N–H and O–H groups in total. The first-order valence-corrected chi connectivity index (χ1v) is 12.3. The number of thiophene rings is 1. The largest absolute Gasteiger partial charge is 0.376 e. The zero-order valence-corrected chi connectivity index (χ0v) is 19.1. The van der Waals surface area contributed by atoms with Crippen molar-refractivity contribution in [3.05, 3.63) is 32.5 Å². The van der Waals surface area contributed by atoms with Crippen molar-refractivity contribution in [2.24, 2.45) is 5.92 Å². The van der Waals surface area contributed by atoms with Crippen molar-refractivity contribution in [3.63, 3.8) is 0 Å². The van der Waals surface area contributed by atoms with E-state index in [0.29, 0.717) is 29.3 Å². The van der Waals surface area contributed by atoms with E-state index < -0.39 is 0 Å². The summed E-state index contributed by atoms with van der Waals surface area (Å²) in [6, 6.07) is 0. The number of nitrogens with zero attached hydrogens (tertiary/aromatic N) is 4. The van der Waals surface area contributed by atoms with Crippen LogP contribution in [-0.4, -0.2) is 32.4 Å². The van der Waals surface area contributed by atoms with E-state index in [1.54, 1.807) is 18.3 Å². The average molecular weight is 447 g/mol. The summed E-state index contributed by atoms with van der Waals surface area (Å²) in [6.07, 6.45) is 5.23. The van der Waals surface area contributed by atoms with Crippen LogP contribution in [0.15, 0.2) is 14.5 Å². The fraction of sp³-hybridized carbons (Fsp3) is 0.619. The van der Waals surface area contributed by atoms with E-state index in [0.717, 1.165) is 48.9 Å². The molecule has 0 radical (unpaired) electrons. The third-order valence-corrected chi connectivity index (χ3v) is 8.19. The number of fused-ring (bicyclic) bond motifs is 3. The molecule has 160 valence electrons. The van der Waals surface area contributed by atoms with Crippen molar-refractivity contribution in [1.82, 2.24) is 19.7 Å². The maximum absolute atomic E-state index is 13.7. The summed E-state index contributed by atoms with van der Waals surface area (Å²) in [5, 5.41) is 5.33. The fourth-order valence-corrected chi connectivity index (χ4v) is 6.71. The molecule has 3 atom stereocenters. The second-order valence-electron chi connectivity index (χ2n) is 8.42. The third kappa shape index (κ3) is 3.71. The molecular formula is C21H26N4O3S2. The zero-order valence-electron chi connectivity index (χ0n) is 17.5. The smallest absolute Gasteiger partial charge is 0.263 e. The Bertz CT molecular complexity index is 1130. The second-order valence-corrected chi connectivity index (χ2v) is 10.8. The third-order valence-electron chi connectivity index (χ3n) is 5.96. The van der Waals surface area contributed by atoms with Crippen LogP contribution in [0.25, 0.3) is 10.2 Å². The molecule has 1 aliphatic carbocycles. The number of rotatable bonds is 5. The minimum atomic E-state index is -0.0964. The van der Waals surface area contributed by atoms with Crippen LogP contribution in [-0.2, 0) is 24.1 Å². The Kier molecular flexibility index (Phi) is 5.45. The molecule has 30 heavy (non-hydrogen) atoms. The summed E-state index contributed by atoms with van der Waals surface area (Å²) in [5.41, 5.74) is 1.29. The molecule has 0 saturated carbocycles. The van der Waals surface area contributed by atoms with Gasteiger partial charge < -0.3 is 9.26 Å². The summed E-state index contributed by atoms with van der Waals surface area (Å²) in [4.78, 5) is 25.2. The van der Waals surface area contributed by atoms with Gasteiger partial charge in [0.1, 0.15) is 4.83 Å². The minimum Gasteiger partial charge on any atom is -0.376 e. The molecule has 2 aliphatic rings. The van der Waals surface area contributed by atoms with E-state index in [1.165, 1.54) is 22.2 Å². The van der Waals surface area contributed by atoms with Gasteiger partial charge in [-0.3, -0.25) is 9.36 Å². The van der Waals surface area contributed by atoms with Crippen molar-refractivity contribution in [2.75, 3.05) is 6.61 Å². The first kappa shape index (κ1) is 20.2. The molecule has 1 fully saturated rings. The highest BCUT2D eigenvalue weighted by molar-refractivity contribution is 7.99. The van der Waals surface area contributed by atoms with Crippen LogP contribution >= 0.6 is 23.1 Å². The van der Waals surface area contributed by atoms with Gasteiger partial charge in [0, 0.05) is 11.5 Å². The fourth-order valence-electron chi connectivity index (χ4n) is 4.33. The van der Waals surface area contributed by atoms with E-state index in [4.69, 9.17) is 14.2 Å². The molecule has 3 aromatic rings. The lowest BCUT2D eigenvalue weighted by Gasteiger charge is -2.19. The summed E-state index contributed by atoms with van der Waals surface area (Å²) in [7, 11) is 0. The van der Waals surface area contributed by atoms with E-state index >= 15 is 0 Å². The zero-order chi connectivity index (χ0) is 20.8. The van der Waals surface area contributed by atoms with E-state index in [9.17, 15) is 4.79 Å². The summed E-state index contributed by atoms with van der Waals surface area (Å²) < 4.78 is 13.0. The van der Waals surface area contributed by atoms with Gasteiger partial charge in [0.05, 0.1) is 23.3 Å². The molecule has 9 heteroatoms. The van der Waals surface area contributed by atoms with Crippen LogP contribution in [0.3, 0.4) is 0 Å². The molecule has 0 amide bonds. The number of aromatic nitrogens is 4. The maximum atomic E-state index is 13.7. The molecule has 0 aromatic carbocycles. The van der Waals surface area contributed by atoms with E-state index in [1.807, 2.05) is 11.5 Å². The Morgan fingerprint density at radius 3 is 2.93 bits per heavy atom. The maximum Gasteiger partial charge on any atom is 0.263 e. The quantitative estimate of drug-likeness (QED) is 0.427. The highest BCUT2D eigenvalue weighted by Gasteiger charge is 2.27. The van der Waals surface area contributed by atoms with Gasteiger partial charge >= 0.3 is 0 Å². The van der Waals surface area contributed by atoms with Gasteiger partial charge in [-0.15, -0.1) is 11.3 Å². The Morgan fingerprint density at radius 1 is 1.33 bits per heavy atom. The van der Waals surface area contributed by atoms with Gasteiger partial charge in [-0.2, -0.15) is 4.98 Å². The van der Waals surface area contributed by atoms with Crippen LogP contribution < -0.4 is 5.56 Å². The molecule has 0 spiro atoms. The molecule has 0 bridgehead atoms. The number of hydrogen-bond acceptors (Lipinski definition) is 8. The topological polar surface area (TPSA) is 83.0 Å². The number of aryl methyl sites for hydroxylation is 2.